The van der Waals surface area contributed by atoms with E-state index in [-0.39, 0.29) is 12.1 Å². The van der Waals surface area contributed by atoms with Crippen LogP contribution < -0.4 is 14.2 Å². The summed E-state index contributed by atoms with van der Waals surface area (Å²) in [6.07, 6.45) is 2.12. The van der Waals surface area contributed by atoms with Crippen LogP contribution in [-0.2, 0) is 11.2 Å². The largest absolute Gasteiger partial charge is 0.486 e. The molecule has 0 saturated carbocycles. The quantitative estimate of drug-likeness (QED) is 0.564. The van der Waals surface area contributed by atoms with Crippen molar-refractivity contribution in [3.63, 3.8) is 0 Å². The van der Waals surface area contributed by atoms with Crippen molar-refractivity contribution in [3.8, 4) is 17.2 Å². The smallest absolute Gasteiger partial charge is 0.311 e. The third-order valence-corrected chi connectivity index (χ3v) is 5.45. The Hall–Kier alpha value is -2.49. The lowest BCUT2D eigenvalue weighted by Crippen LogP contribution is -2.30. The second-order valence-electron chi connectivity index (χ2n) is 7.89. The van der Waals surface area contributed by atoms with Crippen LogP contribution >= 0.6 is 0 Å². The summed E-state index contributed by atoms with van der Waals surface area (Å²) in [5.74, 6) is 3.03. The molecule has 2 aromatic carbocycles. The highest BCUT2D eigenvalue weighted by Crippen LogP contribution is 2.37. The van der Waals surface area contributed by atoms with Crippen LogP contribution in [0.3, 0.4) is 0 Å². The van der Waals surface area contributed by atoms with E-state index in [9.17, 15) is 4.79 Å². The molecule has 2 aromatic rings. The fraction of sp³-hybridized carbons (Fsp3) is 0.435. The first-order chi connectivity index (χ1) is 13.0. The lowest BCUT2D eigenvalue weighted by atomic mass is 9.92. The number of aryl methyl sites for hydroxylation is 1. The average molecular weight is 366 g/mol. The minimum Gasteiger partial charge on any atom is -0.486 e. The summed E-state index contributed by atoms with van der Waals surface area (Å²) in [5, 5.41) is 0. The van der Waals surface area contributed by atoms with Crippen molar-refractivity contribution < 1.29 is 19.0 Å². The van der Waals surface area contributed by atoms with Crippen LogP contribution in [0.1, 0.15) is 62.1 Å². The number of rotatable bonds is 4. The van der Waals surface area contributed by atoms with E-state index in [1.165, 1.54) is 11.1 Å². The number of hydrogen-bond donors (Lipinski definition) is 0. The third-order valence-electron chi connectivity index (χ3n) is 5.45. The predicted octanol–water partition coefficient (Wildman–Crippen LogP) is 5.00. The molecule has 2 heterocycles. The molecule has 0 fully saturated rings. The van der Waals surface area contributed by atoms with Gasteiger partial charge in [-0.15, -0.1) is 0 Å². The second kappa shape index (κ2) is 7.26. The first-order valence-electron chi connectivity index (χ1n) is 9.76. The summed E-state index contributed by atoms with van der Waals surface area (Å²) >= 11 is 0. The van der Waals surface area contributed by atoms with Crippen LogP contribution in [0.4, 0.5) is 0 Å². The zero-order chi connectivity index (χ0) is 19.0. The van der Waals surface area contributed by atoms with Crippen molar-refractivity contribution in [1.29, 1.82) is 0 Å². The number of esters is 1. The monoisotopic (exact) mass is 366 g/mol. The van der Waals surface area contributed by atoms with Gasteiger partial charge in [0.25, 0.3) is 0 Å². The SMILES string of the molecule is CC(C)c1ccc2c(c1)OC(C[C@@H](C)c1ccc3c(c1)CCC(=O)O3)CO2. The van der Waals surface area contributed by atoms with Crippen molar-refractivity contribution in [2.75, 3.05) is 6.61 Å². The second-order valence-corrected chi connectivity index (χ2v) is 7.89. The Balaban J connectivity index is 1.45. The highest BCUT2D eigenvalue weighted by atomic mass is 16.6. The molecule has 0 saturated heterocycles. The Morgan fingerprint density at radius 3 is 2.56 bits per heavy atom. The van der Waals surface area contributed by atoms with Gasteiger partial charge >= 0.3 is 5.97 Å². The Labute approximate surface area is 160 Å². The van der Waals surface area contributed by atoms with E-state index in [2.05, 4.69) is 45.0 Å². The summed E-state index contributed by atoms with van der Waals surface area (Å²) in [5.41, 5.74) is 3.62. The van der Waals surface area contributed by atoms with Crippen molar-refractivity contribution in [2.24, 2.45) is 0 Å². The molecule has 2 atom stereocenters. The molecule has 0 aliphatic carbocycles. The normalized spacial score (nSPS) is 19.4. The molecule has 0 aromatic heterocycles. The van der Waals surface area contributed by atoms with E-state index >= 15 is 0 Å². The average Bonchev–Trinajstić information content (AvgIpc) is 2.66. The van der Waals surface area contributed by atoms with E-state index in [1.54, 1.807) is 0 Å². The molecule has 0 radical (unpaired) electrons. The van der Waals surface area contributed by atoms with E-state index in [0.717, 1.165) is 29.9 Å². The molecule has 4 heteroatoms. The molecule has 4 rings (SSSR count). The van der Waals surface area contributed by atoms with Crippen LogP contribution in [0.15, 0.2) is 36.4 Å². The van der Waals surface area contributed by atoms with Gasteiger partial charge in [0.2, 0.25) is 0 Å². The molecule has 2 aliphatic rings. The van der Waals surface area contributed by atoms with Gasteiger partial charge in [-0.2, -0.15) is 0 Å². The molecule has 27 heavy (non-hydrogen) atoms. The Kier molecular flexibility index (Phi) is 4.81. The number of ether oxygens (including phenoxy) is 3. The van der Waals surface area contributed by atoms with E-state index in [0.29, 0.717) is 30.6 Å². The van der Waals surface area contributed by atoms with Crippen molar-refractivity contribution >= 4 is 5.97 Å². The predicted molar refractivity (Wildman–Crippen MR) is 104 cm³/mol. The molecule has 0 N–H and O–H groups in total. The first kappa shape index (κ1) is 17.9. The molecule has 142 valence electrons. The highest BCUT2D eigenvalue weighted by molar-refractivity contribution is 5.75. The number of fused-ring (bicyclic) bond motifs is 2. The molecule has 4 nitrogen and oxygen atoms in total. The maximum Gasteiger partial charge on any atom is 0.311 e. The summed E-state index contributed by atoms with van der Waals surface area (Å²) in [6.45, 7) is 7.14. The maximum absolute atomic E-state index is 11.4. The van der Waals surface area contributed by atoms with Gasteiger partial charge in [-0.3, -0.25) is 4.79 Å². The van der Waals surface area contributed by atoms with E-state index in [1.807, 2.05) is 12.1 Å². The van der Waals surface area contributed by atoms with Crippen LogP contribution in [0.5, 0.6) is 17.2 Å². The zero-order valence-electron chi connectivity index (χ0n) is 16.2. The summed E-state index contributed by atoms with van der Waals surface area (Å²) < 4.78 is 17.5. The number of hydrogen-bond acceptors (Lipinski definition) is 4. The molecule has 1 unspecified atom stereocenters. The molecule has 0 spiro atoms. The van der Waals surface area contributed by atoms with Crippen LogP contribution in [-0.4, -0.2) is 18.7 Å². The Morgan fingerprint density at radius 2 is 1.74 bits per heavy atom. The molecule has 0 bridgehead atoms. The number of carbonyl (C=O) groups excluding carboxylic acids is 1. The van der Waals surface area contributed by atoms with Gasteiger partial charge in [0.05, 0.1) is 6.42 Å². The Morgan fingerprint density at radius 1 is 0.963 bits per heavy atom. The molecular formula is C23H26O4. The first-order valence-corrected chi connectivity index (χ1v) is 9.76. The van der Waals surface area contributed by atoms with Crippen LogP contribution in [0.25, 0.3) is 0 Å². The summed E-state index contributed by atoms with van der Waals surface area (Å²) in [6, 6.07) is 12.4. The number of benzene rings is 2. The lowest BCUT2D eigenvalue weighted by Gasteiger charge is -2.29. The number of carbonyl (C=O) groups is 1. The fourth-order valence-corrected chi connectivity index (χ4v) is 3.75. The minimum absolute atomic E-state index is 0.0313. The topological polar surface area (TPSA) is 44.8 Å². The lowest BCUT2D eigenvalue weighted by molar-refractivity contribution is -0.135. The van der Waals surface area contributed by atoms with Gasteiger partial charge in [0.15, 0.2) is 11.5 Å². The van der Waals surface area contributed by atoms with Gasteiger partial charge in [-0.05, 0) is 59.6 Å². The zero-order valence-corrected chi connectivity index (χ0v) is 16.2. The van der Waals surface area contributed by atoms with Gasteiger partial charge in [-0.1, -0.05) is 39.0 Å². The van der Waals surface area contributed by atoms with Gasteiger partial charge in [0, 0.05) is 0 Å². The van der Waals surface area contributed by atoms with Gasteiger partial charge in [-0.25, -0.2) is 0 Å². The van der Waals surface area contributed by atoms with E-state index < -0.39 is 0 Å². The van der Waals surface area contributed by atoms with E-state index in [4.69, 9.17) is 14.2 Å². The van der Waals surface area contributed by atoms with Crippen LogP contribution in [0, 0.1) is 0 Å². The molecule has 0 amide bonds. The van der Waals surface area contributed by atoms with Gasteiger partial charge in [0.1, 0.15) is 18.5 Å². The molecular weight excluding hydrogens is 340 g/mol. The van der Waals surface area contributed by atoms with Crippen molar-refractivity contribution in [3.05, 3.63) is 53.1 Å². The van der Waals surface area contributed by atoms with Crippen molar-refractivity contribution in [1.82, 2.24) is 0 Å². The van der Waals surface area contributed by atoms with Crippen molar-refractivity contribution in [2.45, 2.75) is 58.0 Å². The Bertz CT molecular complexity index is 855. The summed E-state index contributed by atoms with van der Waals surface area (Å²) in [7, 11) is 0. The third kappa shape index (κ3) is 3.80. The molecule has 2 aliphatic heterocycles. The minimum atomic E-state index is -0.143. The standard InChI is InChI=1S/C23H26O4/c1-14(2)16-4-8-21-22(12-16)26-19(13-25-21)10-15(3)17-5-7-20-18(11-17)6-9-23(24)27-20/h4-5,7-8,11-12,14-15,19H,6,9-10,13H2,1-3H3/t15-,19?/m1/s1. The maximum atomic E-state index is 11.4. The van der Waals surface area contributed by atoms with Crippen LogP contribution in [0.2, 0.25) is 0 Å². The summed E-state index contributed by atoms with van der Waals surface area (Å²) in [4.78, 5) is 11.4. The van der Waals surface area contributed by atoms with Gasteiger partial charge < -0.3 is 14.2 Å². The fourth-order valence-electron chi connectivity index (χ4n) is 3.75. The highest BCUT2D eigenvalue weighted by Gasteiger charge is 2.25.